The van der Waals surface area contributed by atoms with Crippen molar-refractivity contribution in [3.05, 3.63) is 29.1 Å². The van der Waals surface area contributed by atoms with E-state index in [1.54, 1.807) is 4.90 Å². The third kappa shape index (κ3) is 4.88. The highest BCUT2D eigenvalue weighted by atomic mass is 19.4. The molecule has 4 rings (SSSR count). The molecule has 2 unspecified atom stereocenters. The Morgan fingerprint density at radius 3 is 2.77 bits per heavy atom. The number of carbonyl (C=O) groups is 1. The standard InChI is InChI=1S/C22H30F3N3O3/c23-22(24,25)16-11-15-14-28(7-2-19(15)26-13-16)20(30)21(6-8-29)5-1-18(12-21)27-17-3-9-31-10-4-17/h11,13,17-18,27,29H,1-10,12,14H2. The van der Waals surface area contributed by atoms with Crippen LogP contribution < -0.4 is 5.32 Å². The lowest BCUT2D eigenvalue weighted by molar-refractivity contribution is -0.144. The number of aliphatic hydroxyl groups excluding tert-OH is 1. The summed E-state index contributed by atoms with van der Waals surface area (Å²) < 4.78 is 44.7. The highest BCUT2D eigenvalue weighted by Gasteiger charge is 2.47. The van der Waals surface area contributed by atoms with Crippen molar-refractivity contribution in [2.45, 2.75) is 69.8 Å². The summed E-state index contributed by atoms with van der Waals surface area (Å²) in [4.78, 5) is 19.2. The van der Waals surface area contributed by atoms with Crippen LogP contribution in [0.4, 0.5) is 13.2 Å². The summed E-state index contributed by atoms with van der Waals surface area (Å²) in [7, 11) is 0. The van der Waals surface area contributed by atoms with Gasteiger partial charge in [-0.1, -0.05) is 0 Å². The first-order valence-electron chi connectivity index (χ1n) is 11.1. The number of fused-ring (bicyclic) bond motifs is 1. The molecule has 0 aromatic carbocycles. The molecule has 2 N–H and O–H groups in total. The molecule has 6 nitrogen and oxygen atoms in total. The minimum Gasteiger partial charge on any atom is -0.396 e. The van der Waals surface area contributed by atoms with Gasteiger partial charge in [0.25, 0.3) is 0 Å². The molecule has 1 amide bonds. The summed E-state index contributed by atoms with van der Waals surface area (Å²) >= 11 is 0. The maximum Gasteiger partial charge on any atom is 0.417 e. The Kier molecular flexibility index (Phi) is 6.55. The van der Waals surface area contributed by atoms with Gasteiger partial charge in [-0.25, -0.2) is 0 Å². The number of carbonyl (C=O) groups excluding carboxylic acids is 1. The van der Waals surface area contributed by atoms with Crippen molar-refractivity contribution in [3.63, 3.8) is 0 Å². The lowest BCUT2D eigenvalue weighted by atomic mass is 9.80. The van der Waals surface area contributed by atoms with Gasteiger partial charge in [0.05, 0.1) is 11.0 Å². The van der Waals surface area contributed by atoms with Crippen LogP contribution >= 0.6 is 0 Å². The number of ether oxygens (including phenoxy) is 1. The average molecular weight is 441 g/mol. The fraction of sp³-hybridized carbons (Fsp3) is 0.727. The summed E-state index contributed by atoms with van der Waals surface area (Å²) in [6.07, 6.45) is 1.32. The van der Waals surface area contributed by atoms with E-state index in [0.29, 0.717) is 49.5 Å². The molecule has 2 fully saturated rings. The second kappa shape index (κ2) is 9.03. The lowest BCUT2D eigenvalue weighted by Gasteiger charge is -2.37. The molecule has 1 aliphatic carbocycles. The second-order valence-corrected chi connectivity index (χ2v) is 9.05. The van der Waals surface area contributed by atoms with Crippen molar-refractivity contribution in [2.24, 2.45) is 5.41 Å². The lowest BCUT2D eigenvalue weighted by Crippen LogP contribution is -2.47. The van der Waals surface area contributed by atoms with Gasteiger partial charge in [0.2, 0.25) is 5.91 Å². The predicted octanol–water partition coefficient (Wildman–Crippen LogP) is 2.68. The molecule has 1 aromatic heterocycles. The quantitative estimate of drug-likeness (QED) is 0.735. The number of hydrogen-bond acceptors (Lipinski definition) is 5. The zero-order chi connectivity index (χ0) is 22.1. The summed E-state index contributed by atoms with van der Waals surface area (Å²) in [5.74, 6) is -0.0547. The average Bonchev–Trinajstić information content (AvgIpc) is 3.16. The molecule has 31 heavy (non-hydrogen) atoms. The molecule has 2 atom stereocenters. The number of amides is 1. The highest BCUT2D eigenvalue weighted by Crippen LogP contribution is 2.44. The monoisotopic (exact) mass is 441 g/mol. The van der Waals surface area contributed by atoms with Gasteiger partial charge in [-0.05, 0) is 50.2 Å². The molecule has 0 bridgehead atoms. The van der Waals surface area contributed by atoms with Gasteiger partial charge in [0, 0.05) is 63.3 Å². The SMILES string of the molecule is O=C(N1CCc2ncc(C(F)(F)F)cc2C1)C1(CCO)CCC(NC2CCOCC2)C1. The molecule has 1 aromatic rings. The van der Waals surface area contributed by atoms with E-state index in [1.807, 2.05) is 0 Å². The van der Waals surface area contributed by atoms with Crippen LogP contribution in [0.3, 0.4) is 0 Å². The summed E-state index contributed by atoms with van der Waals surface area (Å²) in [6, 6.07) is 1.70. The number of aliphatic hydroxyl groups is 1. The molecule has 3 heterocycles. The largest absolute Gasteiger partial charge is 0.417 e. The van der Waals surface area contributed by atoms with Crippen LogP contribution in [0.15, 0.2) is 12.3 Å². The molecule has 3 aliphatic rings. The summed E-state index contributed by atoms with van der Waals surface area (Å²) in [5.41, 5.74) is -0.362. The number of rotatable bonds is 5. The van der Waals surface area contributed by atoms with Crippen LogP contribution in [0.5, 0.6) is 0 Å². The smallest absolute Gasteiger partial charge is 0.396 e. The van der Waals surface area contributed by atoms with Gasteiger partial charge in [0.15, 0.2) is 0 Å². The Morgan fingerprint density at radius 2 is 2.06 bits per heavy atom. The van der Waals surface area contributed by atoms with Crippen molar-refractivity contribution in [2.75, 3.05) is 26.4 Å². The van der Waals surface area contributed by atoms with Crippen molar-refractivity contribution >= 4 is 5.91 Å². The Balaban J connectivity index is 1.46. The van der Waals surface area contributed by atoms with Crippen molar-refractivity contribution in [1.82, 2.24) is 15.2 Å². The fourth-order valence-electron chi connectivity index (χ4n) is 5.30. The van der Waals surface area contributed by atoms with E-state index in [1.165, 1.54) is 0 Å². The van der Waals surface area contributed by atoms with Crippen LogP contribution in [0.2, 0.25) is 0 Å². The van der Waals surface area contributed by atoms with Crippen LogP contribution in [-0.4, -0.2) is 59.3 Å². The number of aromatic nitrogens is 1. The zero-order valence-corrected chi connectivity index (χ0v) is 17.6. The van der Waals surface area contributed by atoms with Gasteiger partial charge >= 0.3 is 6.18 Å². The highest BCUT2D eigenvalue weighted by molar-refractivity contribution is 5.83. The number of pyridine rings is 1. The number of hydrogen-bond donors (Lipinski definition) is 2. The Morgan fingerprint density at radius 1 is 1.29 bits per heavy atom. The van der Waals surface area contributed by atoms with E-state index >= 15 is 0 Å². The van der Waals surface area contributed by atoms with E-state index in [0.717, 1.165) is 44.7 Å². The fourth-order valence-corrected chi connectivity index (χ4v) is 5.30. The van der Waals surface area contributed by atoms with E-state index in [2.05, 4.69) is 10.3 Å². The Labute approximate surface area is 180 Å². The first kappa shape index (κ1) is 22.5. The van der Waals surface area contributed by atoms with Crippen LogP contribution in [-0.2, 0) is 28.7 Å². The second-order valence-electron chi connectivity index (χ2n) is 9.05. The molecular formula is C22H30F3N3O3. The van der Waals surface area contributed by atoms with Gasteiger partial charge < -0.3 is 20.1 Å². The van der Waals surface area contributed by atoms with Gasteiger partial charge in [-0.3, -0.25) is 9.78 Å². The zero-order valence-electron chi connectivity index (χ0n) is 17.6. The number of nitrogens with zero attached hydrogens (tertiary/aromatic N) is 2. The number of halogens is 3. The third-order valence-corrected chi connectivity index (χ3v) is 7.00. The van der Waals surface area contributed by atoms with Crippen molar-refractivity contribution in [1.29, 1.82) is 0 Å². The molecular weight excluding hydrogens is 411 g/mol. The van der Waals surface area contributed by atoms with E-state index in [9.17, 15) is 23.1 Å². The van der Waals surface area contributed by atoms with E-state index in [-0.39, 0.29) is 25.1 Å². The Bertz CT molecular complexity index is 798. The van der Waals surface area contributed by atoms with Gasteiger partial charge in [0.1, 0.15) is 0 Å². The van der Waals surface area contributed by atoms with E-state index in [4.69, 9.17) is 4.74 Å². The maximum absolute atomic E-state index is 13.6. The van der Waals surface area contributed by atoms with Crippen LogP contribution in [0.1, 0.15) is 55.3 Å². The molecule has 1 saturated heterocycles. The maximum atomic E-state index is 13.6. The Hall–Kier alpha value is -1.71. The van der Waals surface area contributed by atoms with Crippen LogP contribution in [0.25, 0.3) is 0 Å². The predicted molar refractivity (Wildman–Crippen MR) is 107 cm³/mol. The first-order valence-corrected chi connectivity index (χ1v) is 11.1. The first-order chi connectivity index (χ1) is 14.8. The minimum atomic E-state index is -4.46. The van der Waals surface area contributed by atoms with Crippen molar-refractivity contribution in [3.8, 4) is 0 Å². The molecule has 1 saturated carbocycles. The number of alkyl halides is 3. The number of nitrogens with one attached hydrogen (secondary N) is 1. The molecule has 9 heteroatoms. The molecule has 0 radical (unpaired) electrons. The minimum absolute atomic E-state index is 0.0547. The van der Waals surface area contributed by atoms with Gasteiger partial charge in [-0.2, -0.15) is 13.2 Å². The third-order valence-electron chi connectivity index (χ3n) is 7.00. The summed E-state index contributed by atoms with van der Waals surface area (Å²) in [5, 5.41) is 13.3. The van der Waals surface area contributed by atoms with E-state index < -0.39 is 17.2 Å². The topological polar surface area (TPSA) is 74.7 Å². The van der Waals surface area contributed by atoms with Crippen LogP contribution in [0, 0.1) is 5.41 Å². The molecule has 2 aliphatic heterocycles. The molecule has 0 spiro atoms. The normalized spacial score (nSPS) is 27.4. The van der Waals surface area contributed by atoms with Crippen molar-refractivity contribution < 1.29 is 27.8 Å². The summed E-state index contributed by atoms with van der Waals surface area (Å²) in [6.45, 7) is 1.98. The van der Waals surface area contributed by atoms with Gasteiger partial charge in [-0.15, -0.1) is 0 Å². The molecule has 172 valence electrons.